The maximum Gasteiger partial charge on any atom is 0.314 e. The van der Waals surface area contributed by atoms with E-state index in [0.29, 0.717) is 15.8 Å². The largest absolute Gasteiger partial charge is 0.425 e. The molecule has 1 saturated heterocycles. The van der Waals surface area contributed by atoms with Gasteiger partial charge >= 0.3 is 5.97 Å². The first kappa shape index (κ1) is 12.7. The van der Waals surface area contributed by atoms with E-state index in [1.807, 2.05) is 0 Å². The third-order valence-corrected chi connectivity index (χ3v) is 3.32. The number of carbonyl (C=O) groups excluding carboxylic acids is 1. The normalized spacial score (nSPS) is 16.8. The highest BCUT2D eigenvalue weighted by atomic mass is 35.5. The van der Waals surface area contributed by atoms with Crippen LogP contribution in [0, 0.1) is 5.92 Å². The summed E-state index contributed by atoms with van der Waals surface area (Å²) in [6.45, 7) is 1.70. The molecule has 0 atom stereocenters. The van der Waals surface area contributed by atoms with E-state index in [4.69, 9.17) is 27.9 Å². The van der Waals surface area contributed by atoms with Crippen LogP contribution in [0.3, 0.4) is 0 Å². The molecule has 17 heavy (non-hydrogen) atoms. The molecule has 1 fully saturated rings. The van der Waals surface area contributed by atoms with Gasteiger partial charge in [0.05, 0.1) is 10.9 Å². The average molecular weight is 274 g/mol. The Morgan fingerprint density at radius 1 is 1.29 bits per heavy atom. The Morgan fingerprint density at radius 2 is 2.00 bits per heavy atom. The molecule has 1 aromatic carbocycles. The summed E-state index contributed by atoms with van der Waals surface area (Å²) in [7, 11) is 0. The molecule has 2 rings (SSSR count). The molecule has 0 aromatic heterocycles. The first-order valence-corrected chi connectivity index (χ1v) is 6.30. The van der Waals surface area contributed by atoms with Crippen molar-refractivity contribution in [3.05, 3.63) is 28.2 Å². The molecule has 0 unspecified atom stereocenters. The summed E-state index contributed by atoms with van der Waals surface area (Å²) in [6.07, 6.45) is 1.61. The molecule has 92 valence electrons. The summed E-state index contributed by atoms with van der Waals surface area (Å²) < 4.78 is 5.28. The Hall–Kier alpha value is -0.770. The van der Waals surface area contributed by atoms with Gasteiger partial charge in [-0.15, -0.1) is 0 Å². The van der Waals surface area contributed by atoms with Crippen LogP contribution in [0.25, 0.3) is 0 Å². The molecule has 5 heteroatoms. The zero-order valence-electron chi connectivity index (χ0n) is 9.21. The van der Waals surface area contributed by atoms with Gasteiger partial charge in [0.2, 0.25) is 0 Å². The van der Waals surface area contributed by atoms with Crippen molar-refractivity contribution in [2.75, 3.05) is 13.1 Å². The fraction of sp³-hybridized carbons (Fsp3) is 0.417. The van der Waals surface area contributed by atoms with Crippen molar-refractivity contribution in [2.45, 2.75) is 12.8 Å². The third-order valence-electron chi connectivity index (χ3n) is 2.78. The highest BCUT2D eigenvalue weighted by Gasteiger charge is 2.23. The van der Waals surface area contributed by atoms with Crippen molar-refractivity contribution in [1.82, 2.24) is 5.32 Å². The first-order valence-electron chi connectivity index (χ1n) is 5.54. The van der Waals surface area contributed by atoms with Gasteiger partial charge < -0.3 is 10.1 Å². The number of piperidine rings is 1. The van der Waals surface area contributed by atoms with Crippen LogP contribution in [0.1, 0.15) is 12.8 Å². The van der Waals surface area contributed by atoms with Gasteiger partial charge in [0.1, 0.15) is 0 Å². The minimum atomic E-state index is -0.226. The SMILES string of the molecule is O=C(Oc1cc(Cl)ccc1Cl)C1CCNCC1. The second kappa shape index (κ2) is 5.71. The maximum atomic E-state index is 11.9. The molecule has 0 saturated carbocycles. The Labute approximate surface area is 110 Å². The standard InChI is InChI=1S/C12H13Cl2NO2/c13-9-1-2-10(14)11(7-9)17-12(16)8-3-5-15-6-4-8/h1-2,7-8,15H,3-6H2. The molecule has 1 N–H and O–H groups in total. The van der Waals surface area contributed by atoms with Gasteiger partial charge in [0.25, 0.3) is 0 Å². The lowest BCUT2D eigenvalue weighted by atomic mass is 9.98. The molecular formula is C12H13Cl2NO2. The second-order valence-corrected chi connectivity index (χ2v) is 4.86. The molecule has 1 aliphatic heterocycles. The highest BCUT2D eigenvalue weighted by Crippen LogP contribution is 2.29. The van der Waals surface area contributed by atoms with Crippen LogP contribution < -0.4 is 10.1 Å². The molecule has 1 heterocycles. The van der Waals surface area contributed by atoms with E-state index < -0.39 is 0 Å². The molecule has 0 spiro atoms. The number of benzene rings is 1. The van der Waals surface area contributed by atoms with Crippen LogP contribution in [-0.2, 0) is 4.79 Å². The summed E-state index contributed by atoms with van der Waals surface area (Å²) in [5.74, 6) is 0.0599. The first-order chi connectivity index (χ1) is 8.16. The van der Waals surface area contributed by atoms with E-state index in [9.17, 15) is 4.79 Å². The zero-order valence-corrected chi connectivity index (χ0v) is 10.7. The predicted octanol–water partition coefficient (Wildman–Crippen LogP) is 2.90. The minimum Gasteiger partial charge on any atom is -0.425 e. The molecule has 1 aliphatic rings. The van der Waals surface area contributed by atoms with Crippen LogP contribution in [0.4, 0.5) is 0 Å². The van der Waals surface area contributed by atoms with E-state index in [2.05, 4.69) is 5.32 Å². The van der Waals surface area contributed by atoms with E-state index in [1.165, 1.54) is 0 Å². The third kappa shape index (κ3) is 3.35. The minimum absolute atomic E-state index is 0.0497. The summed E-state index contributed by atoms with van der Waals surface area (Å²) in [5.41, 5.74) is 0. The number of carbonyl (C=O) groups is 1. The quantitative estimate of drug-likeness (QED) is 0.665. The summed E-state index contributed by atoms with van der Waals surface area (Å²) >= 11 is 11.8. The van der Waals surface area contributed by atoms with E-state index >= 15 is 0 Å². The summed E-state index contributed by atoms with van der Waals surface area (Å²) in [4.78, 5) is 11.9. The monoisotopic (exact) mass is 273 g/mol. The van der Waals surface area contributed by atoms with Crippen molar-refractivity contribution >= 4 is 29.2 Å². The Kier molecular flexibility index (Phi) is 4.26. The number of rotatable bonds is 2. The van der Waals surface area contributed by atoms with Gasteiger partial charge in [0, 0.05) is 11.1 Å². The smallest absolute Gasteiger partial charge is 0.314 e. The topological polar surface area (TPSA) is 38.3 Å². The Morgan fingerprint density at radius 3 is 2.71 bits per heavy atom. The Balaban J connectivity index is 2.04. The van der Waals surface area contributed by atoms with Gasteiger partial charge in [-0.3, -0.25) is 4.79 Å². The van der Waals surface area contributed by atoms with E-state index in [1.54, 1.807) is 18.2 Å². The van der Waals surface area contributed by atoms with Crippen molar-refractivity contribution in [1.29, 1.82) is 0 Å². The van der Waals surface area contributed by atoms with E-state index in [-0.39, 0.29) is 11.9 Å². The number of hydrogen-bond acceptors (Lipinski definition) is 3. The van der Waals surface area contributed by atoms with Crippen LogP contribution in [-0.4, -0.2) is 19.1 Å². The summed E-state index contributed by atoms with van der Waals surface area (Å²) in [6, 6.07) is 4.84. The number of halogens is 2. The highest BCUT2D eigenvalue weighted by molar-refractivity contribution is 6.34. The van der Waals surface area contributed by atoms with Gasteiger partial charge in [-0.25, -0.2) is 0 Å². The second-order valence-electron chi connectivity index (χ2n) is 4.02. The Bertz CT molecular complexity index is 417. The molecule has 1 aromatic rings. The van der Waals surface area contributed by atoms with Gasteiger partial charge in [0.15, 0.2) is 5.75 Å². The zero-order chi connectivity index (χ0) is 12.3. The molecule has 0 bridgehead atoms. The predicted molar refractivity (Wildman–Crippen MR) is 67.7 cm³/mol. The fourth-order valence-electron chi connectivity index (χ4n) is 1.80. The number of hydrogen-bond donors (Lipinski definition) is 1. The van der Waals surface area contributed by atoms with Gasteiger partial charge in [-0.2, -0.15) is 0 Å². The molecule has 0 aliphatic carbocycles. The van der Waals surface area contributed by atoms with Crippen LogP contribution >= 0.6 is 23.2 Å². The number of esters is 1. The van der Waals surface area contributed by atoms with Crippen LogP contribution in [0.5, 0.6) is 5.75 Å². The molecule has 0 radical (unpaired) electrons. The fourth-order valence-corrected chi connectivity index (χ4v) is 2.12. The summed E-state index contributed by atoms with van der Waals surface area (Å²) in [5, 5.41) is 4.10. The van der Waals surface area contributed by atoms with E-state index in [0.717, 1.165) is 25.9 Å². The average Bonchev–Trinajstić information content (AvgIpc) is 2.35. The van der Waals surface area contributed by atoms with Crippen molar-refractivity contribution in [3.8, 4) is 5.75 Å². The van der Waals surface area contributed by atoms with Crippen LogP contribution in [0.15, 0.2) is 18.2 Å². The van der Waals surface area contributed by atoms with Crippen molar-refractivity contribution in [2.24, 2.45) is 5.92 Å². The lowest BCUT2D eigenvalue weighted by Crippen LogP contribution is -2.33. The van der Waals surface area contributed by atoms with Crippen molar-refractivity contribution in [3.63, 3.8) is 0 Å². The molecule has 3 nitrogen and oxygen atoms in total. The van der Waals surface area contributed by atoms with Gasteiger partial charge in [-0.05, 0) is 38.1 Å². The lowest BCUT2D eigenvalue weighted by Gasteiger charge is -2.21. The molecule has 0 amide bonds. The lowest BCUT2D eigenvalue weighted by molar-refractivity contribution is -0.139. The number of nitrogens with one attached hydrogen (secondary N) is 1. The number of ether oxygens (including phenoxy) is 1. The van der Waals surface area contributed by atoms with Crippen molar-refractivity contribution < 1.29 is 9.53 Å². The van der Waals surface area contributed by atoms with Gasteiger partial charge in [-0.1, -0.05) is 23.2 Å². The van der Waals surface area contributed by atoms with Crippen LogP contribution in [0.2, 0.25) is 10.0 Å². The maximum absolute atomic E-state index is 11.9. The molecular weight excluding hydrogens is 261 g/mol.